The lowest BCUT2D eigenvalue weighted by Gasteiger charge is -2.11. The zero-order chi connectivity index (χ0) is 21.1. The molecule has 0 aliphatic rings. The molecule has 29 heavy (non-hydrogen) atoms. The van der Waals surface area contributed by atoms with Crippen LogP contribution in [0.5, 0.6) is 0 Å². The van der Waals surface area contributed by atoms with Gasteiger partial charge in [-0.3, -0.25) is 9.48 Å². The van der Waals surface area contributed by atoms with E-state index in [4.69, 9.17) is 4.74 Å². The minimum absolute atomic E-state index is 0.164. The number of aromatic nitrogens is 2. The summed E-state index contributed by atoms with van der Waals surface area (Å²) in [4.78, 5) is 24.8. The molecule has 1 heterocycles. The first-order chi connectivity index (χ1) is 13.8. The second kappa shape index (κ2) is 8.31. The summed E-state index contributed by atoms with van der Waals surface area (Å²) in [6.07, 6.45) is 0. The van der Waals surface area contributed by atoms with Crippen molar-refractivity contribution in [3.05, 3.63) is 81.7 Å². The maximum absolute atomic E-state index is 12.8. The molecule has 150 valence electrons. The Balaban J connectivity index is 1.88. The normalized spacial score (nSPS) is 10.7. The fourth-order valence-corrected chi connectivity index (χ4v) is 3.41. The van der Waals surface area contributed by atoms with Crippen LogP contribution in [0.3, 0.4) is 0 Å². The van der Waals surface area contributed by atoms with E-state index in [1.54, 1.807) is 16.8 Å². The number of carbonyl (C=O) groups excluding carboxylic acids is 2. The van der Waals surface area contributed by atoms with Gasteiger partial charge in [0.25, 0.3) is 5.91 Å². The Labute approximate surface area is 170 Å². The fraction of sp³-hybridized carbons (Fsp3) is 0.261. The molecule has 0 unspecified atom stereocenters. The van der Waals surface area contributed by atoms with Crippen LogP contribution in [0.1, 0.15) is 48.8 Å². The number of hydrogen-bond acceptors (Lipinski definition) is 4. The highest BCUT2D eigenvalue weighted by Gasteiger charge is 2.18. The van der Waals surface area contributed by atoms with Crippen LogP contribution in [0.4, 0.5) is 5.69 Å². The van der Waals surface area contributed by atoms with E-state index in [9.17, 15) is 9.59 Å². The first kappa shape index (κ1) is 20.3. The van der Waals surface area contributed by atoms with Crippen molar-refractivity contribution in [3.8, 4) is 0 Å². The highest BCUT2D eigenvalue weighted by molar-refractivity contribution is 6.05. The van der Waals surface area contributed by atoms with Crippen molar-refractivity contribution in [1.82, 2.24) is 9.78 Å². The molecule has 0 spiro atoms. The Hall–Kier alpha value is -3.41. The monoisotopic (exact) mass is 391 g/mol. The molecule has 1 aromatic heterocycles. The third-order valence-electron chi connectivity index (χ3n) is 4.99. The third kappa shape index (κ3) is 4.21. The van der Waals surface area contributed by atoms with E-state index in [2.05, 4.69) is 10.4 Å². The molecule has 0 fully saturated rings. The minimum Gasteiger partial charge on any atom is -0.465 e. The second-order valence-electron chi connectivity index (χ2n) is 7.12. The Morgan fingerprint density at radius 3 is 2.45 bits per heavy atom. The van der Waals surface area contributed by atoms with E-state index >= 15 is 0 Å². The number of hydrogen-bond donors (Lipinski definition) is 1. The number of ether oxygens (including phenoxy) is 1. The van der Waals surface area contributed by atoms with E-state index in [1.165, 1.54) is 7.11 Å². The van der Waals surface area contributed by atoms with Crippen LogP contribution in [-0.2, 0) is 11.3 Å². The number of methoxy groups -OCH3 is 1. The summed E-state index contributed by atoms with van der Waals surface area (Å²) >= 11 is 0. The third-order valence-corrected chi connectivity index (χ3v) is 4.99. The van der Waals surface area contributed by atoms with Crippen molar-refractivity contribution in [2.75, 3.05) is 12.4 Å². The van der Waals surface area contributed by atoms with Gasteiger partial charge in [-0.2, -0.15) is 5.10 Å². The highest BCUT2D eigenvalue weighted by Crippen LogP contribution is 2.23. The summed E-state index contributed by atoms with van der Waals surface area (Å²) in [7, 11) is 1.36. The van der Waals surface area contributed by atoms with Gasteiger partial charge >= 0.3 is 5.97 Å². The molecule has 6 nitrogen and oxygen atoms in total. The van der Waals surface area contributed by atoms with Crippen LogP contribution in [0.25, 0.3) is 0 Å². The summed E-state index contributed by atoms with van der Waals surface area (Å²) in [6.45, 7) is 8.08. The van der Waals surface area contributed by atoms with Gasteiger partial charge in [-0.25, -0.2) is 4.79 Å². The van der Waals surface area contributed by atoms with Gasteiger partial charge in [0.15, 0.2) is 0 Å². The van der Waals surface area contributed by atoms with E-state index in [-0.39, 0.29) is 11.9 Å². The SMILES string of the molecule is COC(=O)c1ccccc1Cn1nc(C)c(NC(=O)c2ccc(C)cc2C)c1C. The van der Waals surface area contributed by atoms with E-state index in [1.807, 2.05) is 58.0 Å². The van der Waals surface area contributed by atoms with Crippen LogP contribution in [0.15, 0.2) is 42.5 Å². The summed E-state index contributed by atoms with van der Waals surface area (Å²) in [5.41, 5.74) is 6.21. The lowest BCUT2D eigenvalue weighted by atomic mass is 10.1. The lowest BCUT2D eigenvalue weighted by molar-refractivity contribution is 0.0599. The van der Waals surface area contributed by atoms with Crippen LogP contribution in [0, 0.1) is 27.7 Å². The number of amides is 1. The van der Waals surface area contributed by atoms with Crippen molar-refractivity contribution in [2.45, 2.75) is 34.2 Å². The average molecular weight is 391 g/mol. The van der Waals surface area contributed by atoms with Crippen molar-refractivity contribution in [3.63, 3.8) is 0 Å². The van der Waals surface area contributed by atoms with Gasteiger partial charge in [0.1, 0.15) is 0 Å². The number of aryl methyl sites for hydroxylation is 3. The van der Waals surface area contributed by atoms with E-state index in [0.29, 0.717) is 23.4 Å². The lowest BCUT2D eigenvalue weighted by Crippen LogP contribution is -2.15. The molecule has 3 rings (SSSR count). The highest BCUT2D eigenvalue weighted by atomic mass is 16.5. The minimum atomic E-state index is -0.384. The number of nitrogens with zero attached hydrogens (tertiary/aromatic N) is 2. The number of nitrogens with one attached hydrogen (secondary N) is 1. The maximum Gasteiger partial charge on any atom is 0.338 e. The van der Waals surface area contributed by atoms with Crippen LogP contribution < -0.4 is 5.32 Å². The van der Waals surface area contributed by atoms with Crippen LogP contribution in [-0.4, -0.2) is 28.8 Å². The van der Waals surface area contributed by atoms with Crippen molar-refractivity contribution in [1.29, 1.82) is 0 Å². The van der Waals surface area contributed by atoms with Crippen molar-refractivity contribution >= 4 is 17.6 Å². The van der Waals surface area contributed by atoms with Crippen LogP contribution in [0.2, 0.25) is 0 Å². The first-order valence-electron chi connectivity index (χ1n) is 9.40. The Kier molecular flexibility index (Phi) is 5.82. The summed E-state index contributed by atoms with van der Waals surface area (Å²) < 4.78 is 6.66. The topological polar surface area (TPSA) is 73.2 Å². The summed E-state index contributed by atoms with van der Waals surface area (Å²) in [6, 6.07) is 13.0. The predicted molar refractivity (Wildman–Crippen MR) is 112 cm³/mol. The number of benzene rings is 2. The largest absolute Gasteiger partial charge is 0.465 e. The van der Waals surface area contributed by atoms with Crippen LogP contribution >= 0.6 is 0 Å². The van der Waals surface area contributed by atoms with Gasteiger partial charge in [-0.05, 0) is 51.0 Å². The number of carbonyl (C=O) groups is 2. The second-order valence-corrected chi connectivity index (χ2v) is 7.12. The number of anilines is 1. The molecule has 0 atom stereocenters. The summed E-state index contributed by atoms with van der Waals surface area (Å²) in [5.74, 6) is -0.547. The van der Waals surface area contributed by atoms with Gasteiger partial charge in [0, 0.05) is 5.56 Å². The Morgan fingerprint density at radius 1 is 1.03 bits per heavy atom. The molecule has 0 aliphatic heterocycles. The standard InChI is InChI=1S/C23H25N3O3/c1-14-10-11-19(15(2)12-14)22(27)24-21-16(3)25-26(17(21)4)13-18-8-6-7-9-20(18)23(28)29-5/h6-12H,13H2,1-5H3,(H,24,27). The molecule has 1 N–H and O–H groups in total. The smallest absolute Gasteiger partial charge is 0.338 e. The molecule has 0 saturated heterocycles. The quantitative estimate of drug-likeness (QED) is 0.662. The molecule has 1 amide bonds. The maximum atomic E-state index is 12.8. The molecule has 0 saturated carbocycles. The summed E-state index contributed by atoms with van der Waals surface area (Å²) in [5, 5.41) is 7.56. The van der Waals surface area contributed by atoms with Gasteiger partial charge < -0.3 is 10.1 Å². The van der Waals surface area contributed by atoms with Gasteiger partial charge in [-0.15, -0.1) is 0 Å². The molecule has 0 bridgehead atoms. The average Bonchev–Trinajstić information content (AvgIpc) is 2.95. The zero-order valence-corrected chi connectivity index (χ0v) is 17.4. The molecule has 3 aromatic rings. The predicted octanol–water partition coefficient (Wildman–Crippen LogP) is 4.20. The molecule has 2 aromatic carbocycles. The van der Waals surface area contributed by atoms with Gasteiger partial charge in [0.2, 0.25) is 0 Å². The Bertz CT molecular complexity index is 1080. The van der Waals surface area contributed by atoms with Gasteiger partial charge in [0.05, 0.1) is 36.3 Å². The molecule has 6 heteroatoms. The molecular weight excluding hydrogens is 366 g/mol. The zero-order valence-electron chi connectivity index (χ0n) is 17.4. The number of rotatable bonds is 5. The van der Waals surface area contributed by atoms with Gasteiger partial charge in [-0.1, -0.05) is 35.9 Å². The van der Waals surface area contributed by atoms with Crippen molar-refractivity contribution in [2.24, 2.45) is 0 Å². The molecule has 0 radical (unpaired) electrons. The van der Waals surface area contributed by atoms with Crippen molar-refractivity contribution < 1.29 is 14.3 Å². The number of esters is 1. The van der Waals surface area contributed by atoms with E-state index < -0.39 is 0 Å². The first-order valence-corrected chi connectivity index (χ1v) is 9.40. The Morgan fingerprint density at radius 2 is 1.76 bits per heavy atom. The molecular formula is C23H25N3O3. The molecule has 0 aliphatic carbocycles. The van der Waals surface area contributed by atoms with E-state index in [0.717, 1.165) is 28.1 Å². The fourth-order valence-electron chi connectivity index (χ4n) is 3.41.